The number of nitrogens with zero attached hydrogens (tertiary/aromatic N) is 3. The van der Waals surface area contributed by atoms with Crippen LogP contribution in [0.3, 0.4) is 0 Å². The minimum atomic E-state index is -2.56. The number of halogens is 2. The Hall–Kier alpha value is -3.22. The molecule has 0 bridgehead atoms. The average molecular weight is 327 g/mol. The first kappa shape index (κ1) is 15.7. The molecule has 7 heteroatoms. The molecule has 0 spiro atoms. The first-order chi connectivity index (χ1) is 11.5. The van der Waals surface area contributed by atoms with Gasteiger partial charge in [-0.2, -0.15) is 0 Å². The van der Waals surface area contributed by atoms with Crippen LogP contribution in [0.2, 0.25) is 0 Å². The minimum Gasteiger partial charge on any atom is -0.477 e. The van der Waals surface area contributed by atoms with Crippen molar-refractivity contribution < 1.29 is 18.7 Å². The highest BCUT2D eigenvalue weighted by atomic mass is 19.3. The van der Waals surface area contributed by atoms with Crippen molar-refractivity contribution in [3.8, 4) is 22.6 Å². The molecule has 2 aromatic heterocycles. The van der Waals surface area contributed by atoms with Crippen LogP contribution in [0.15, 0.2) is 54.9 Å². The molecule has 3 rings (SSSR count). The van der Waals surface area contributed by atoms with Crippen molar-refractivity contribution in [1.29, 1.82) is 0 Å². The molecule has 24 heavy (non-hydrogen) atoms. The molecule has 0 saturated carbocycles. The van der Waals surface area contributed by atoms with Crippen molar-refractivity contribution in [3.63, 3.8) is 0 Å². The third kappa shape index (κ3) is 3.24. The maximum atomic E-state index is 12.6. The summed E-state index contributed by atoms with van der Waals surface area (Å²) < 4.78 is 25.3. The van der Waals surface area contributed by atoms with Crippen LogP contribution in [0.4, 0.5) is 8.78 Å². The first-order valence-corrected chi connectivity index (χ1v) is 6.96. The van der Waals surface area contributed by atoms with Crippen LogP contribution in [-0.4, -0.2) is 26.0 Å². The number of carboxylic acid groups (broad SMARTS) is 1. The van der Waals surface area contributed by atoms with E-state index in [0.717, 1.165) is 0 Å². The fourth-order valence-electron chi connectivity index (χ4n) is 2.13. The SMILES string of the molecule is O=C(O)c1cc(-c2ccc(C(F)F)cc2)nc(-c2cccnc2)n1. The molecule has 5 nitrogen and oxygen atoms in total. The summed E-state index contributed by atoms with van der Waals surface area (Å²) in [6, 6.07) is 10.2. The Morgan fingerprint density at radius 2 is 1.79 bits per heavy atom. The van der Waals surface area contributed by atoms with Gasteiger partial charge in [0.05, 0.1) is 5.69 Å². The van der Waals surface area contributed by atoms with E-state index in [-0.39, 0.29) is 17.1 Å². The largest absolute Gasteiger partial charge is 0.477 e. The smallest absolute Gasteiger partial charge is 0.354 e. The van der Waals surface area contributed by atoms with Crippen LogP contribution < -0.4 is 0 Å². The monoisotopic (exact) mass is 327 g/mol. The Morgan fingerprint density at radius 1 is 1.04 bits per heavy atom. The van der Waals surface area contributed by atoms with Gasteiger partial charge in [0, 0.05) is 29.1 Å². The number of carbonyl (C=O) groups is 1. The van der Waals surface area contributed by atoms with E-state index < -0.39 is 12.4 Å². The summed E-state index contributed by atoms with van der Waals surface area (Å²) in [5.74, 6) is -0.996. The molecule has 2 heterocycles. The first-order valence-electron chi connectivity index (χ1n) is 6.96. The zero-order valence-corrected chi connectivity index (χ0v) is 12.2. The van der Waals surface area contributed by atoms with Crippen LogP contribution in [0.5, 0.6) is 0 Å². The minimum absolute atomic E-state index is 0.112. The Morgan fingerprint density at radius 3 is 2.38 bits per heavy atom. The lowest BCUT2D eigenvalue weighted by atomic mass is 10.1. The van der Waals surface area contributed by atoms with Gasteiger partial charge >= 0.3 is 5.97 Å². The summed E-state index contributed by atoms with van der Waals surface area (Å²) in [5, 5.41) is 9.24. The van der Waals surface area contributed by atoms with E-state index in [0.29, 0.717) is 16.8 Å². The van der Waals surface area contributed by atoms with E-state index in [9.17, 15) is 18.7 Å². The third-order valence-corrected chi connectivity index (χ3v) is 3.32. The van der Waals surface area contributed by atoms with Crippen molar-refractivity contribution in [2.24, 2.45) is 0 Å². The number of pyridine rings is 1. The number of aromatic nitrogens is 3. The fourth-order valence-corrected chi connectivity index (χ4v) is 2.13. The standard InChI is InChI=1S/C17H11F2N3O2/c18-15(19)11-5-3-10(4-6-11)13-8-14(17(23)24)22-16(21-13)12-2-1-7-20-9-12/h1-9,15H,(H,23,24). The number of aromatic carboxylic acids is 1. The van der Waals surface area contributed by atoms with E-state index in [2.05, 4.69) is 15.0 Å². The van der Waals surface area contributed by atoms with Gasteiger partial charge in [-0.05, 0) is 18.2 Å². The zero-order valence-electron chi connectivity index (χ0n) is 12.2. The van der Waals surface area contributed by atoms with Gasteiger partial charge in [-0.15, -0.1) is 0 Å². The molecule has 0 aliphatic carbocycles. The zero-order chi connectivity index (χ0) is 17.1. The summed E-state index contributed by atoms with van der Waals surface area (Å²) in [6.45, 7) is 0. The second kappa shape index (κ2) is 6.49. The molecular formula is C17H11F2N3O2. The van der Waals surface area contributed by atoms with E-state index in [1.54, 1.807) is 18.3 Å². The lowest BCUT2D eigenvalue weighted by Crippen LogP contribution is -2.04. The summed E-state index contributed by atoms with van der Waals surface area (Å²) in [4.78, 5) is 23.6. The van der Waals surface area contributed by atoms with Crippen molar-refractivity contribution in [1.82, 2.24) is 15.0 Å². The number of alkyl halides is 2. The van der Waals surface area contributed by atoms with Crippen LogP contribution >= 0.6 is 0 Å². The summed E-state index contributed by atoms with van der Waals surface area (Å²) >= 11 is 0. The average Bonchev–Trinajstić information content (AvgIpc) is 2.62. The van der Waals surface area contributed by atoms with E-state index >= 15 is 0 Å². The van der Waals surface area contributed by atoms with Gasteiger partial charge in [0.1, 0.15) is 0 Å². The molecular weight excluding hydrogens is 316 g/mol. The normalized spacial score (nSPS) is 10.8. The van der Waals surface area contributed by atoms with Gasteiger partial charge in [0.2, 0.25) is 0 Å². The van der Waals surface area contributed by atoms with E-state index in [1.807, 2.05) is 0 Å². The Bertz CT molecular complexity index is 869. The molecule has 0 aliphatic heterocycles. The lowest BCUT2D eigenvalue weighted by molar-refractivity contribution is 0.0690. The Labute approximate surface area is 135 Å². The molecule has 0 unspecified atom stereocenters. The molecule has 0 amide bonds. The van der Waals surface area contributed by atoms with E-state index in [1.165, 1.54) is 36.5 Å². The quantitative estimate of drug-likeness (QED) is 0.788. The Balaban J connectivity index is 2.10. The van der Waals surface area contributed by atoms with Crippen LogP contribution in [0.1, 0.15) is 22.5 Å². The Kier molecular flexibility index (Phi) is 4.24. The summed E-state index contributed by atoms with van der Waals surface area (Å²) in [6.07, 6.45) is 0.532. The number of rotatable bonds is 4. The molecule has 0 atom stereocenters. The topological polar surface area (TPSA) is 76.0 Å². The highest BCUT2D eigenvalue weighted by Gasteiger charge is 2.14. The predicted octanol–water partition coefficient (Wildman–Crippen LogP) is 3.84. The predicted molar refractivity (Wildman–Crippen MR) is 82.6 cm³/mol. The second-order valence-corrected chi connectivity index (χ2v) is 4.93. The maximum Gasteiger partial charge on any atom is 0.354 e. The molecule has 1 aromatic carbocycles. The van der Waals surface area contributed by atoms with Crippen molar-refractivity contribution in [2.45, 2.75) is 6.43 Å². The molecule has 120 valence electrons. The van der Waals surface area contributed by atoms with Crippen LogP contribution in [0.25, 0.3) is 22.6 Å². The molecule has 1 N–H and O–H groups in total. The number of hydrogen-bond donors (Lipinski definition) is 1. The fraction of sp³-hybridized carbons (Fsp3) is 0.0588. The van der Waals surface area contributed by atoms with Gasteiger partial charge < -0.3 is 5.11 Å². The summed E-state index contributed by atoms with van der Waals surface area (Å²) in [5.41, 5.74) is 1.12. The maximum absolute atomic E-state index is 12.6. The molecule has 3 aromatic rings. The number of benzene rings is 1. The second-order valence-electron chi connectivity index (χ2n) is 4.93. The highest BCUT2D eigenvalue weighted by molar-refractivity contribution is 5.87. The van der Waals surface area contributed by atoms with Gasteiger partial charge in [-0.1, -0.05) is 24.3 Å². The molecule has 0 radical (unpaired) electrons. The van der Waals surface area contributed by atoms with Gasteiger partial charge in [-0.3, -0.25) is 4.98 Å². The van der Waals surface area contributed by atoms with Gasteiger partial charge in [0.15, 0.2) is 11.5 Å². The number of carboxylic acids is 1. The van der Waals surface area contributed by atoms with Crippen molar-refractivity contribution in [2.75, 3.05) is 0 Å². The van der Waals surface area contributed by atoms with Gasteiger partial charge in [-0.25, -0.2) is 23.5 Å². The molecule has 0 saturated heterocycles. The number of hydrogen-bond acceptors (Lipinski definition) is 4. The van der Waals surface area contributed by atoms with Crippen LogP contribution in [0, 0.1) is 0 Å². The van der Waals surface area contributed by atoms with Crippen molar-refractivity contribution >= 4 is 5.97 Å². The third-order valence-electron chi connectivity index (χ3n) is 3.32. The van der Waals surface area contributed by atoms with Gasteiger partial charge in [0.25, 0.3) is 6.43 Å². The van der Waals surface area contributed by atoms with Crippen molar-refractivity contribution in [3.05, 3.63) is 66.1 Å². The molecule has 0 aliphatic rings. The summed E-state index contributed by atoms with van der Waals surface area (Å²) in [7, 11) is 0. The lowest BCUT2D eigenvalue weighted by Gasteiger charge is -2.07. The highest BCUT2D eigenvalue weighted by Crippen LogP contribution is 2.25. The van der Waals surface area contributed by atoms with E-state index in [4.69, 9.17) is 0 Å². The molecule has 0 fully saturated rings. The van der Waals surface area contributed by atoms with Crippen LogP contribution in [-0.2, 0) is 0 Å².